The predicted octanol–water partition coefficient (Wildman–Crippen LogP) is 3.02. The van der Waals surface area contributed by atoms with E-state index in [1.165, 1.54) is 11.3 Å². The molecule has 2 aromatic rings. The summed E-state index contributed by atoms with van der Waals surface area (Å²) in [5, 5.41) is 10.4. The third-order valence-corrected chi connectivity index (χ3v) is 3.70. The summed E-state index contributed by atoms with van der Waals surface area (Å²) in [5.41, 5.74) is 0.670. The number of fused-ring (bicyclic) bond motifs is 1. The molecule has 2 nitrogen and oxygen atoms in total. The number of carbonyl (C=O) groups is 1. The molecule has 0 fully saturated rings. The van der Waals surface area contributed by atoms with Crippen molar-refractivity contribution in [2.24, 2.45) is 0 Å². The Bertz CT molecular complexity index is 476. The zero-order valence-corrected chi connectivity index (χ0v) is 9.43. The lowest BCUT2D eigenvalue weighted by Crippen LogP contribution is -1.84. The lowest BCUT2D eigenvalue weighted by molar-refractivity contribution is 0.112. The van der Waals surface area contributed by atoms with Gasteiger partial charge in [-0.25, -0.2) is 0 Å². The number of rotatable bonds is 1. The second kappa shape index (κ2) is 3.26. The van der Waals surface area contributed by atoms with Crippen molar-refractivity contribution in [2.45, 2.75) is 0 Å². The van der Waals surface area contributed by atoms with Crippen LogP contribution in [-0.4, -0.2) is 11.4 Å². The van der Waals surface area contributed by atoms with Gasteiger partial charge in [0, 0.05) is 13.8 Å². The number of halogens is 1. The summed E-state index contributed by atoms with van der Waals surface area (Å²) >= 11 is 3.35. The van der Waals surface area contributed by atoms with Gasteiger partial charge in [0.25, 0.3) is 0 Å². The molecule has 0 amide bonds. The van der Waals surface area contributed by atoms with Gasteiger partial charge < -0.3 is 5.11 Å². The minimum absolute atomic E-state index is 0.250. The number of hydrogen-bond donors (Lipinski definition) is 1. The van der Waals surface area contributed by atoms with Gasteiger partial charge in [0.15, 0.2) is 11.3 Å². The molecule has 0 spiro atoms. The SMILES string of the molecule is O=Cc1c(I)ccc2cc(O)sc12. The van der Waals surface area contributed by atoms with E-state index in [1.54, 1.807) is 6.07 Å². The molecule has 0 radical (unpaired) electrons. The number of aldehydes is 1. The van der Waals surface area contributed by atoms with Crippen molar-refractivity contribution in [1.82, 2.24) is 0 Å². The maximum absolute atomic E-state index is 10.8. The molecule has 1 heterocycles. The van der Waals surface area contributed by atoms with Gasteiger partial charge in [0.1, 0.15) is 0 Å². The summed E-state index contributed by atoms with van der Waals surface area (Å²) in [4.78, 5) is 10.8. The fourth-order valence-corrected chi connectivity index (χ4v) is 2.86. The van der Waals surface area contributed by atoms with Gasteiger partial charge in [-0.05, 0) is 40.1 Å². The third kappa shape index (κ3) is 1.44. The van der Waals surface area contributed by atoms with Crippen molar-refractivity contribution in [2.75, 3.05) is 0 Å². The summed E-state index contributed by atoms with van der Waals surface area (Å²) in [5.74, 6) is 0. The molecule has 0 aliphatic heterocycles. The zero-order valence-electron chi connectivity index (χ0n) is 6.45. The number of benzene rings is 1. The van der Waals surface area contributed by atoms with Gasteiger partial charge in [-0.1, -0.05) is 17.4 Å². The van der Waals surface area contributed by atoms with Gasteiger partial charge in [0.05, 0.1) is 0 Å². The number of thiophene rings is 1. The van der Waals surface area contributed by atoms with E-state index < -0.39 is 0 Å². The van der Waals surface area contributed by atoms with E-state index in [-0.39, 0.29) is 5.06 Å². The van der Waals surface area contributed by atoms with Crippen LogP contribution in [-0.2, 0) is 0 Å². The molecule has 0 unspecified atom stereocenters. The summed E-state index contributed by atoms with van der Waals surface area (Å²) < 4.78 is 1.78. The Labute approximate surface area is 92.3 Å². The minimum atomic E-state index is 0.250. The predicted molar refractivity (Wildman–Crippen MR) is 61.6 cm³/mol. The van der Waals surface area contributed by atoms with Crippen molar-refractivity contribution in [3.8, 4) is 5.06 Å². The lowest BCUT2D eigenvalue weighted by atomic mass is 10.2. The maximum atomic E-state index is 10.8. The van der Waals surface area contributed by atoms with E-state index in [0.717, 1.165) is 19.9 Å². The average molecular weight is 304 g/mol. The molecule has 1 aromatic heterocycles. The highest BCUT2D eigenvalue weighted by Gasteiger charge is 2.08. The van der Waals surface area contributed by atoms with Crippen molar-refractivity contribution >= 4 is 50.3 Å². The molecule has 2 rings (SSSR count). The Balaban J connectivity index is 2.90. The van der Waals surface area contributed by atoms with Crippen LogP contribution in [0.25, 0.3) is 10.1 Å². The molecule has 1 aromatic carbocycles. The molecule has 0 saturated heterocycles. The van der Waals surface area contributed by atoms with Crippen molar-refractivity contribution in [1.29, 1.82) is 0 Å². The molecule has 66 valence electrons. The van der Waals surface area contributed by atoms with Crippen LogP contribution >= 0.6 is 33.9 Å². The Kier molecular flexibility index (Phi) is 2.25. The molecule has 0 bridgehead atoms. The molecular formula is C9H5IO2S. The topological polar surface area (TPSA) is 37.3 Å². The van der Waals surface area contributed by atoms with E-state index in [1.807, 2.05) is 12.1 Å². The van der Waals surface area contributed by atoms with Gasteiger partial charge in [0.2, 0.25) is 0 Å². The molecule has 0 aliphatic rings. The highest BCUT2D eigenvalue weighted by Crippen LogP contribution is 2.34. The van der Waals surface area contributed by atoms with Crippen LogP contribution in [0, 0.1) is 3.57 Å². The van der Waals surface area contributed by atoms with Crippen LogP contribution in [0.2, 0.25) is 0 Å². The van der Waals surface area contributed by atoms with E-state index in [9.17, 15) is 9.90 Å². The standard InChI is InChI=1S/C9H5IO2S/c10-7-2-1-5-3-8(12)13-9(5)6(7)4-11/h1-4,12H. The molecule has 1 N–H and O–H groups in total. The second-order valence-corrected chi connectivity index (χ2v) is 4.77. The van der Waals surface area contributed by atoms with Crippen LogP contribution in [0.15, 0.2) is 18.2 Å². The Morgan fingerprint density at radius 3 is 2.92 bits per heavy atom. The fraction of sp³-hybridized carbons (Fsp3) is 0. The third-order valence-electron chi connectivity index (χ3n) is 1.78. The van der Waals surface area contributed by atoms with Crippen LogP contribution in [0.3, 0.4) is 0 Å². The van der Waals surface area contributed by atoms with Gasteiger partial charge in [-0.2, -0.15) is 0 Å². The van der Waals surface area contributed by atoms with Crippen molar-refractivity contribution < 1.29 is 9.90 Å². The zero-order chi connectivity index (χ0) is 9.42. The van der Waals surface area contributed by atoms with Crippen LogP contribution in [0.4, 0.5) is 0 Å². The average Bonchev–Trinajstić information content (AvgIpc) is 2.45. The van der Waals surface area contributed by atoms with E-state index in [2.05, 4.69) is 22.6 Å². The number of carbonyl (C=O) groups excluding carboxylic acids is 1. The van der Waals surface area contributed by atoms with Crippen molar-refractivity contribution in [3.63, 3.8) is 0 Å². The van der Waals surface area contributed by atoms with Gasteiger partial charge in [-0.3, -0.25) is 4.79 Å². The summed E-state index contributed by atoms with van der Waals surface area (Å²) in [6, 6.07) is 5.45. The Morgan fingerprint density at radius 2 is 2.23 bits per heavy atom. The normalized spacial score (nSPS) is 10.5. The monoisotopic (exact) mass is 304 g/mol. The van der Waals surface area contributed by atoms with Crippen LogP contribution in [0.1, 0.15) is 10.4 Å². The highest BCUT2D eigenvalue weighted by molar-refractivity contribution is 14.1. The van der Waals surface area contributed by atoms with Crippen molar-refractivity contribution in [3.05, 3.63) is 27.3 Å². The first-order chi connectivity index (χ1) is 6.22. The summed E-state index contributed by atoms with van der Waals surface area (Å²) in [6.07, 6.45) is 0.833. The first-order valence-corrected chi connectivity index (χ1v) is 5.48. The molecular weight excluding hydrogens is 299 g/mol. The second-order valence-electron chi connectivity index (χ2n) is 2.58. The molecule has 0 atom stereocenters. The Morgan fingerprint density at radius 1 is 1.46 bits per heavy atom. The van der Waals surface area contributed by atoms with Gasteiger partial charge >= 0.3 is 0 Å². The first-order valence-electron chi connectivity index (χ1n) is 3.58. The minimum Gasteiger partial charge on any atom is -0.499 e. The Hall–Kier alpha value is -0.620. The number of hydrogen-bond acceptors (Lipinski definition) is 3. The summed E-state index contributed by atoms with van der Waals surface area (Å²) in [6.45, 7) is 0. The number of aromatic hydroxyl groups is 1. The largest absolute Gasteiger partial charge is 0.499 e. The van der Waals surface area contributed by atoms with Crippen LogP contribution < -0.4 is 0 Å². The first kappa shape index (κ1) is 8.96. The molecule has 4 heteroatoms. The fourth-order valence-electron chi connectivity index (χ4n) is 1.20. The molecule has 0 aliphatic carbocycles. The lowest BCUT2D eigenvalue weighted by Gasteiger charge is -1.96. The van der Waals surface area contributed by atoms with E-state index in [0.29, 0.717) is 5.56 Å². The maximum Gasteiger partial charge on any atom is 0.172 e. The highest BCUT2D eigenvalue weighted by atomic mass is 127. The van der Waals surface area contributed by atoms with Gasteiger partial charge in [-0.15, -0.1) is 0 Å². The van der Waals surface area contributed by atoms with E-state index >= 15 is 0 Å². The smallest absolute Gasteiger partial charge is 0.172 e. The van der Waals surface area contributed by atoms with Crippen LogP contribution in [0.5, 0.6) is 5.06 Å². The van der Waals surface area contributed by atoms with E-state index in [4.69, 9.17) is 0 Å². The summed E-state index contributed by atoms with van der Waals surface area (Å²) in [7, 11) is 0. The quantitative estimate of drug-likeness (QED) is 0.649. The molecule has 13 heavy (non-hydrogen) atoms. The molecule has 0 saturated carbocycles.